The lowest BCUT2D eigenvalue weighted by Gasteiger charge is -2.16. The van der Waals surface area contributed by atoms with Crippen LogP contribution in [0.5, 0.6) is 5.75 Å². The number of halogens is 1. The lowest BCUT2D eigenvalue weighted by atomic mass is 10.0. The quantitative estimate of drug-likeness (QED) is 0.257. The normalized spacial score (nSPS) is 12.0. The number of benzene rings is 3. The Balaban J connectivity index is 0.00000507. The molecule has 0 aliphatic rings. The van der Waals surface area contributed by atoms with Crippen molar-refractivity contribution in [1.82, 2.24) is 10.0 Å². The molecule has 1 amide bonds. The van der Waals surface area contributed by atoms with Crippen LogP contribution in [0.15, 0.2) is 72.8 Å². The summed E-state index contributed by atoms with van der Waals surface area (Å²) >= 11 is 0. The minimum absolute atomic E-state index is 0. The molecule has 0 bridgehead atoms. The predicted molar refractivity (Wildman–Crippen MR) is 154 cm³/mol. The molecule has 0 fully saturated rings. The zero-order valence-corrected chi connectivity index (χ0v) is 23.6. The van der Waals surface area contributed by atoms with Gasteiger partial charge in [-0.25, -0.2) is 13.1 Å². The molecule has 0 saturated carbocycles. The second-order valence-electron chi connectivity index (χ2n) is 9.21. The van der Waals surface area contributed by atoms with Gasteiger partial charge in [0.05, 0.1) is 23.5 Å². The molecule has 3 N–H and O–H groups in total. The molecule has 7 nitrogen and oxygen atoms in total. The number of aliphatic hydroxyl groups is 1. The third-order valence-electron chi connectivity index (χ3n) is 5.71. The highest BCUT2D eigenvalue weighted by atomic mass is 35.5. The van der Waals surface area contributed by atoms with Gasteiger partial charge in [-0.05, 0) is 67.6 Å². The second-order valence-corrected chi connectivity index (χ2v) is 11.0. The average molecular weight is 561 g/mol. The Labute approximate surface area is 232 Å². The monoisotopic (exact) mass is 560 g/mol. The van der Waals surface area contributed by atoms with Crippen LogP contribution in [0.2, 0.25) is 0 Å². The summed E-state index contributed by atoms with van der Waals surface area (Å²) in [6, 6.07) is 22.8. The summed E-state index contributed by atoms with van der Waals surface area (Å²) in [5.41, 5.74) is 4.04. The first-order chi connectivity index (χ1) is 17.7. The highest BCUT2D eigenvalue weighted by molar-refractivity contribution is 7.90. The van der Waals surface area contributed by atoms with Gasteiger partial charge in [0, 0.05) is 6.54 Å². The molecule has 3 rings (SSSR count). The summed E-state index contributed by atoms with van der Waals surface area (Å²) in [5.74, 6) is -0.482. The number of hydrogen-bond acceptors (Lipinski definition) is 6. The molecule has 3 aromatic rings. The number of rotatable bonds is 13. The second kappa shape index (κ2) is 14.9. The summed E-state index contributed by atoms with van der Waals surface area (Å²) < 4.78 is 32.1. The molecule has 0 aromatic heterocycles. The van der Waals surface area contributed by atoms with Crippen LogP contribution in [0.25, 0.3) is 11.1 Å². The van der Waals surface area contributed by atoms with Crippen LogP contribution in [0, 0.1) is 0 Å². The van der Waals surface area contributed by atoms with E-state index in [9.17, 15) is 18.3 Å². The molecule has 206 valence electrons. The summed E-state index contributed by atoms with van der Waals surface area (Å²) in [6.07, 6.45) is 0.500. The van der Waals surface area contributed by atoms with Gasteiger partial charge in [-0.2, -0.15) is 0 Å². The maximum absolute atomic E-state index is 12.7. The number of amides is 1. The largest absolute Gasteiger partial charge is 0.490 e. The first-order valence-corrected chi connectivity index (χ1v) is 14.2. The van der Waals surface area contributed by atoms with Crippen molar-refractivity contribution in [3.63, 3.8) is 0 Å². The molecule has 0 saturated heterocycles. The van der Waals surface area contributed by atoms with Gasteiger partial charge in [0.1, 0.15) is 5.75 Å². The topological polar surface area (TPSA) is 105 Å². The minimum atomic E-state index is -3.69. The van der Waals surface area contributed by atoms with Crippen LogP contribution in [-0.2, 0) is 16.4 Å². The van der Waals surface area contributed by atoms with Gasteiger partial charge < -0.3 is 15.2 Å². The van der Waals surface area contributed by atoms with E-state index in [0.29, 0.717) is 18.7 Å². The Kier molecular flexibility index (Phi) is 12.3. The summed E-state index contributed by atoms with van der Waals surface area (Å²) in [6.45, 7) is 6.67. The first-order valence-electron chi connectivity index (χ1n) is 12.6. The molecule has 38 heavy (non-hydrogen) atoms. The number of nitrogens with one attached hydrogen (secondary N) is 2. The Morgan fingerprint density at radius 2 is 1.63 bits per heavy atom. The molecule has 1 atom stereocenters. The highest BCUT2D eigenvalue weighted by Crippen LogP contribution is 2.29. The predicted octanol–water partition coefficient (Wildman–Crippen LogP) is 4.90. The Morgan fingerprint density at radius 3 is 2.26 bits per heavy atom. The van der Waals surface area contributed by atoms with Crippen molar-refractivity contribution in [2.75, 3.05) is 18.8 Å². The maximum atomic E-state index is 12.7. The fourth-order valence-electron chi connectivity index (χ4n) is 3.89. The summed E-state index contributed by atoms with van der Waals surface area (Å²) in [4.78, 5) is 12.7. The zero-order chi connectivity index (χ0) is 26.8. The van der Waals surface area contributed by atoms with Gasteiger partial charge in [0.25, 0.3) is 5.91 Å². The van der Waals surface area contributed by atoms with E-state index >= 15 is 0 Å². The van der Waals surface area contributed by atoms with Crippen LogP contribution in [0.3, 0.4) is 0 Å². The van der Waals surface area contributed by atoms with Crippen LogP contribution in [-0.4, -0.2) is 44.4 Å². The number of carbonyl (C=O) groups is 1. The van der Waals surface area contributed by atoms with Crippen molar-refractivity contribution in [2.24, 2.45) is 0 Å². The van der Waals surface area contributed by atoms with E-state index in [-0.39, 0.29) is 29.8 Å². The van der Waals surface area contributed by atoms with Crippen molar-refractivity contribution in [3.8, 4) is 16.9 Å². The highest BCUT2D eigenvalue weighted by Gasteiger charge is 2.20. The minimum Gasteiger partial charge on any atom is -0.490 e. The van der Waals surface area contributed by atoms with E-state index in [1.807, 2.05) is 68.4 Å². The molecule has 0 heterocycles. The van der Waals surface area contributed by atoms with Crippen LogP contribution >= 0.6 is 12.4 Å². The SMILES string of the molecule is CCCS(=O)(=O)NC(=O)c1ccc(-c2ccc(CCNC[C@@H](O)c3ccccc3)cc2)cc1OC(C)C.Cl. The number of hydrogen-bond donors (Lipinski definition) is 3. The average Bonchev–Trinajstić information content (AvgIpc) is 2.86. The molecule has 0 spiro atoms. The van der Waals surface area contributed by atoms with Crippen LogP contribution in [0.1, 0.15) is 54.8 Å². The molecular formula is C29H37ClN2O5S. The van der Waals surface area contributed by atoms with Crippen molar-refractivity contribution >= 4 is 28.3 Å². The maximum Gasteiger partial charge on any atom is 0.268 e. The summed E-state index contributed by atoms with van der Waals surface area (Å²) in [7, 11) is -3.69. The van der Waals surface area contributed by atoms with Gasteiger partial charge in [0.15, 0.2) is 0 Å². The lowest BCUT2D eigenvalue weighted by molar-refractivity contribution is 0.0975. The number of ether oxygens (including phenoxy) is 1. The molecule has 0 aliphatic carbocycles. The van der Waals surface area contributed by atoms with E-state index in [2.05, 4.69) is 10.0 Å². The van der Waals surface area contributed by atoms with E-state index in [4.69, 9.17) is 4.74 Å². The summed E-state index contributed by atoms with van der Waals surface area (Å²) in [5, 5.41) is 13.6. The van der Waals surface area contributed by atoms with Crippen molar-refractivity contribution < 1.29 is 23.1 Å². The Hall–Kier alpha value is -2.91. The smallest absolute Gasteiger partial charge is 0.268 e. The Bertz CT molecular complexity index is 1270. The van der Waals surface area contributed by atoms with Crippen molar-refractivity contribution in [2.45, 2.75) is 45.8 Å². The molecule has 0 radical (unpaired) electrons. The van der Waals surface area contributed by atoms with Crippen molar-refractivity contribution in [3.05, 3.63) is 89.5 Å². The fourth-order valence-corrected chi connectivity index (χ4v) is 4.92. The molecule has 9 heteroatoms. The van der Waals surface area contributed by atoms with E-state index in [0.717, 1.165) is 35.2 Å². The molecular weight excluding hydrogens is 524 g/mol. The first kappa shape index (κ1) is 31.3. The van der Waals surface area contributed by atoms with Crippen LogP contribution < -0.4 is 14.8 Å². The van der Waals surface area contributed by atoms with Gasteiger partial charge in [0.2, 0.25) is 10.0 Å². The van der Waals surface area contributed by atoms with Gasteiger partial charge >= 0.3 is 0 Å². The third-order valence-corrected chi connectivity index (χ3v) is 7.15. The fraction of sp³-hybridized carbons (Fsp3) is 0.345. The number of aliphatic hydroxyl groups excluding tert-OH is 1. The zero-order valence-electron chi connectivity index (χ0n) is 22.0. The number of carbonyl (C=O) groups excluding carboxylic acids is 1. The van der Waals surface area contributed by atoms with Crippen LogP contribution in [0.4, 0.5) is 0 Å². The van der Waals surface area contributed by atoms with Gasteiger partial charge in [-0.15, -0.1) is 12.4 Å². The third kappa shape index (κ3) is 9.44. The Morgan fingerprint density at radius 1 is 0.974 bits per heavy atom. The molecule has 0 aliphatic heterocycles. The molecule has 0 unspecified atom stereocenters. The molecule has 3 aromatic carbocycles. The lowest BCUT2D eigenvalue weighted by Crippen LogP contribution is -2.32. The van der Waals surface area contributed by atoms with E-state index in [1.54, 1.807) is 25.1 Å². The van der Waals surface area contributed by atoms with E-state index < -0.39 is 22.0 Å². The van der Waals surface area contributed by atoms with Gasteiger partial charge in [-0.1, -0.05) is 67.6 Å². The van der Waals surface area contributed by atoms with Crippen molar-refractivity contribution in [1.29, 1.82) is 0 Å². The standard InChI is InChI=1S/C29H36N2O5S.ClH/c1-4-18-37(34,35)31-29(33)26-15-14-25(19-28(26)36-21(2)3)23-12-10-22(11-13-23)16-17-30-20-27(32)24-8-6-5-7-9-24;/h5-15,19,21,27,30,32H,4,16-18,20H2,1-3H3,(H,31,33);1H/t27-;/m1./s1. The number of sulfonamides is 1. The van der Waals surface area contributed by atoms with Gasteiger partial charge in [-0.3, -0.25) is 4.79 Å². The van der Waals surface area contributed by atoms with E-state index in [1.165, 1.54) is 0 Å².